The van der Waals surface area contributed by atoms with Gasteiger partial charge in [-0.2, -0.15) is 0 Å². The molecular weight excluding hydrogens is 312 g/mol. The van der Waals surface area contributed by atoms with Gasteiger partial charge in [0.2, 0.25) is 23.6 Å². The first kappa shape index (κ1) is 17.5. The van der Waals surface area contributed by atoms with E-state index in [9.17, 15) is 19.2 Å². The van der Waals surface area contributed by atoms with Gasteiger partial charge in [0, 0.05) is 44.2 Å². The van der Waals surface area contributed by atoms with Crippen LogP contribution in [0.5, 0.6) is 0 Å². The van der Waals surface area contributed by atoms with Crippen LogP contribution in [-0.4, -0.2) is 48.2 Å². The number of piperazine rings is 1. The number of nitrogens with zero attached hydrogens (tertiary/aromatic N) is 1. The van der Waals surface area contributed by atoms with Gasteiger partial charge >= 0.3 is 0 Å². The van der Waals surface area contributed by atoms with Crippen molar-refractivity contribution in [1.82, 2.24) is 10.2 Å². The normalized spacial score (nSPS) is 13.9. The lowest BCUT2D eigenvalue weighted by Crippen LogP contribution is -2.50. The van der Waals surface area contributed by atoms with Crippen molar-refractivity contribution in [2.45, 2.75) is 19.8 Å². The first-order valence-electron chi connectivity index (χ1n) is 7.66. The zero-order chi connectivity index (χ0) is 17.5. The smallest absolute Gasteiger partial charge is 0.239 e. The molecule has 0 saturated carbocycles. The van der Waals surface area contributed by atoms with Crippen LogP contribution < -0.4 is 16.0 Å². The third kappa shape index (κ3) is 5.38. The van der Waals surface area contributed by atoms with E-state index in [1.165, 1.54) is 11.8 Å². The van der Waals surface area contributed by atoms with Crippen molar-refractivity contribution >= 4 is 35.0 Å². The molecule has 4 amide bonds. The van der Waals surface area contributed by atoms with Crippen molar-refractivity contribution < 1.29 is 19.2 Å². The molecule has 0 spiro atoms. The number of hydrogen-bond acceptors (Lipinski definition) is 4. The number of rotatable bonds is 5. The number of carbonyl (C=O) groups is 4. The highest BCUT2D eigenvalue weighted by molar-refractivity contribution is 5.95. The zero-order valence-corrected chi connectivity index (χ0v) is 13.4. The molecule has 1 aromatic carbocycles. The fraction of sp³-hybridized carbons (Fsp3) is 0.375. The summed E-state index contributed by atoms with van der Waals surface area (Å²) in [7, 11) is 0. The SMILES string of the molecule is CC(=O)Nc1cccc(NC(=O)CCC(=O)N2CCNC(=O)C2)c1. The molecular formula is C16H20N4O4. The zero-order valence-electron chi connectivity index (χ0n) is 13.4. The molecule has 8 heteroatoms. The standard InChI is InChI=1S/C16H20N4O4/c1-11(21)18-12-3-2-4-13(9-12)19-14(22)5-6-16(24)20-8-7-17-15(23)10-20/h2-4,9H,5-8,10H2,1H3,(H,17,23)(H,18,21)(H,19,22). The minimum absolute atomic E-state index is 0.0291. The molecule has 0 aliphatic carbocycles. The number of benzene rings is 1. The average molecular weight is 332 g/mol. The monoisotopic (exact) mass is 332 g/mol. The summed E-state index contributed by atoms with van der Waals surface area (Å²) in [4.78, 5) is 47.7. The molecule has 0 atom stereocenters. The largest absolute Gasteiger partial charge is 0.353 e. The van der Waals surface area contributed by atoms with E-state index in [0.29, 0.717) is 24.5 Å². The molecule has 1 saturated heterocycles. The van der Waals surface area contributed by atoms with Gasteiger partial charge in [0.05, 0.1) is 6.54 Å². The Hall–Kier alpha value is -2.90. The molecule has 24 heavy (non-hydrogen) atoms. The quantitative estimate of drug-likeness (QED) is 0.722. The van der Waals surface area contributed by atoms with Crippen LogP contribution in [0.25, 0.3) is 0 Å². The van der Waals surface area contributed by atoms with Gasteiger partial charge in [-0.3, -0.25) is 19.2 Å². The summed E-state index contributed by atoms with van der Waals surface area (Å²) in [6.07, 6.45) is 0.0752. The second-order valence-electron chi connectivity index (χ2n) is 5.48. The molecule has 0 bridgehead atoms. The Balaban J connectivity index is 1.81. The average Bonchev–Trinajstić information content (AvgIpc) is 2.52. The summed E-state index contributed by atoms with van der Waals surface area (Å²) in [6, 6.07) is 6.75. The summed E-state index contributed by atoms with van der Waals surface area (Å²) >= 11 is 0. The van der Waals surface area contributed by atoms with Crippen LogP contribution in [0.1, 0.15) is 19.8 Å². The fourth-order valence-electron chi connectivity index (χ4n) is 2.33. The van der Waals surface area contributed by atoms with E-state index in [0.717, 1.165) is 0 Å². The van der Waals surface area contributed by atoms with Gasteiger partial charge in [-0.05, 0) is 18.2 Å². The number of nitrogens with one attached hydrogen (secondary N) is 3. The van der Waals surface area contributed by atoms with Crippen molar-refractivity contribution in [1.29, 1.82) is 0 Å². The predicted octanol–water partition coefficient (Wildman–Crippen LogP) is 0.322. The predicted molar refractivity (Wildman–Crippen MR) is 88.2 cm³/mol. The van der Waals surface area contributed by atoms with Crippen LogP contribution in [0.2, 0.25) is 0 Å². The minimum atomic E-state index is -0.301. The molecule has 0 aromatic heterocycles. The Morgan fingerprint density at radius 2 is 1.88 bits per heavy atom. The van der Waals surface area contributed by atoms with E-state index < -0.39 is 0 Å². The molecule has 0 radical (unpaired) electrons. The first-order valence-corrected chi connectivity index (χ1v) is 7.66. The Morgan fingerprint density at radius 3 is 2.54 bits per heavy atom. The van der Waals surface area contributed by atoms with Crippen LogP contribution in [0.15, 0.2) is 24.3 Å². The molecule has 0 unspecified atom stereocenters. The Kier molecular flexibility index (Phi) is 5.89. The van der Waals surface area contributed by atoms with E-state index in [1.54, 1.807) is 24.3 Å². The maximum Gasteiger partial charge on any atom is 0.239 e. The maximum atomic E-state index is 12.0. The maximum absolute atomic E-state index is 12.0. The van der Waals surface area contributed by atoms with Gasteiger partial charge in [0.1, 0.15) is 0 Å². The summed E-state index contributed by atoms with van der Waals surface area (Å²) in [5.74, 6) is -0.903. The van der Waals surface area contributed by atoms with Crippen molar-refractivity contribution in [3.05, 3.63) is 24.3 Å². The van der Waals surface area contributed by atoms with Gasteiger partial charge in [-0.1, -0.05) is 6.07 Å². The summed E-state index contributed by atoms with van der Waals surface area (Å²) in [5, 5.41) is 7.95. The molecule has 1 heterocycles. The van der Waals surface area contributed by atoms with Gasteiger partial charge in [0.15, 0.2) is 0 Å². The Bertz CT molecular complexity index is 659. The Labute approximate surface area is 139 Å². The minimum Gasteiger partial charge on any atom is -0.353 e. The van der Waals surface area contributed by atoms with E-state index in [-0.39, 0.29) is 43.0 Å². The van der Waals surface area contributed by atoms with E-state index in [1.807, 2.05) is 0 Å². The Morgan fingerprint density at radius 1 is 1.17 bits per heavy atom. The summed E-state index contributed by atoms with van der Waals surface area (Å²) in [6.45, 7) is 2.34. The topological polar surface area (TPSA) is 108 Å². The molecule has 2 rings (SSSR count). The van der Waals surface area contributed by atoms with Crippen molar-refractivity contribution in [2.24, 2.45) is 0 Å². The molecule has 3 N–H and O–H groups in total. The number of carbonyl (C=O) groups excluding carboxylic acids is 4. The summed E-state index contributed by atoms with van der Waals surface area (Å²) < 4.78 is 0. The highest BCUT2D eigenvalue weighted by Gasteiger charge is 2.21. The van der Waals surface area contributed by atoms with Crippen LogP contribution in [-0.2, 0) is 19.2 Å². The number of amides is 4. The van der Waals surface area contributed by atoms with Crippen LogP contribution in [0.4, 0.5) is 11.4 Å². The third-order valence-electron chi connectivity index (χ3n) is 3.42. The second kappa shape index (κ2) is 8.09. The highest BCUT2D eigenvalue weighted by Crippen LogP contribution is 2.15. The molecule has 1 aliphatic heterocycles. The lowest BCUT2D eigenvalue weighted by atomic mass is 10.2. The summed E-state index contributed by atoms with van der Waals surface area (Å²) in [5.41, 5.74) is 1.12. The molecule has 128 valence electrons. The van der Waals surface area contributed by atoms with E-state index in [4.69, 9.17) is 0 Å². The lowest BCUT2D eigenvalue weighted by Gasteiger charge is -2.26. The number of hydrogen-bond donors (Lipinski definition) is 3. The molecule has 1 aliphatic rings. The first-order chi connectivity index (χ1) is 11.4. The third-order valence-corrected chi connectivity index (χ3v) is 3.42. The van der Waals surface area contributed by atoms with Crippen molar-refractivity contribution in [2.75, 3.05) is 30.3 Å². The highest BCUT2D eigenvalue weighted by atomic mass is 16.2. The van der Waals surface area contributed by atoms with Gasteiger partial charge < -0.3 is 20.9 Å². The number of anilines is 2. The van der Waals surface area contributed by atoms with E-state index in [2.05, 4.69) is 16.0 Å². The fourth-order valence-corrected chi connectivity index (χ4v) is 2.33. The van der Waals surface area contributed by atoms with Crippen LogP contribution >= 0.6 is 0 Å². The van der Waals surface area contributed by atoms with Crippen LogP contribution in [0, 0.1) is 0 Å². The molecule has 1 aromatic rings. The molecule has 1 fully saturated rings. The molecule has 8 nitrogen and oxygen atoms in total. The van der Waals surface area contributed by atoms with Crippen molar-refractivity contribution in [3.63, 3.8) is 0 Å². The van der Waals surface area contributed by atoms with Crippen molar-refractivity contribution in [3.8, 4) is 0 Å². The van der Waals surface area contributed by atoms with Gasteiger partial charge in [-0.15, -0.1) is 0 Å². The second-order valence-corrected chi connectivity index (χ2v) is 5.48. The lowest BCUT2D eigenvalue weighted by molar-refractivity contribution is -0.138. The van der Waals surface area contributed by atoms with Crippen LogP contribution in [0.3, 0.4) is 0 Å². The van der Waals surface area contributed by atoms with Gasteiger partial charge in [0.25, 0.3) is 0 Å². The van der Waals surface area contributed by atoms with E-state index >= 15 is 0 Å². The van der Waals surface area contributed by atoms with Gasteiger partial charge in [-0.25, -0.2) is 0 Å².